The van der Waals surface area contributed by atoms with Crippen LogP contribution in [0.3, 0.4) is 0 Å². The summed E-state index contributed by atoms with van der Waals surface area (Å²) in [4.78, 5) is 28.1. The quantitative estimate of drug-likeness (QED) is 0.601. The summed E-state index contributed by atoms with van der Waals surface area (Å²) in [5.41, 5.74) is 2.33. The molecule has 7 nitrogen and oxygen atoms in total. The van der Waals surface area contributed by atoms with Gasteiger partial charge < -0.3 is 19.5 Å². The van der Waals surface area contributed by atoms with Crippen LogP contribution >= 0.6 is 12.2 Å². The zero-order chi connectivity index (χ0) is 20.5. The van der Waals surface area contributed by atoms with Crippen molar-refractivity contribution < 1.29 is 14.3 Å². The third kappa shape index (κ3) is 3.77. The molecule has 1 aromatic carbocycles. The third-order valence-electron chi connectivity index (χ3n) is 5.44. The van der Waals surface area contributed by atoms with Gasteiger partial charge in [0.2, 0.25) is 5.91 Å². The Labute approximate surface area is 174 Å². The van der Waals surface area contributed by atoms with Crippen LogP contribution < -0.4 is 5.32 Å². The van der Waals surface area contributed by atoms with Crippen LogP contribution in [0.4, 0.5) is 0 Å². The smallest absolute Gasteiger partial charge is 0.276 e. The molecular formula is C21H24N4O3S. The molecule has 1 N–H and O–H groups in total. The van der Waals surface area contributed by atoms with Crippen molar-refractivity contribution in [1.82, 2.24) is 19.7 Å². The van der Waals surface area contributed by atoms with E-state index in [1.807, 2.05) is 41.1 Å². The lowest BCUT2D eigenvalue weighted by molar-refractivity contribution is -0.122. The predicted octanol–water partition coefficient (Wildman–Crippen LogP) is 1.97. The molecule has 2 saturated heterocycles. The SMILES string of the molecule is CN1C(=O)/C(=C/c2cn(CC(=O)NC[C@H]3CCCO3)c3ccccc23)N(C)C1=S. The number of nitrogens with one attached hydrogen (secondary N) is 1. The van der Waals surface area contributed by atoms with Crippen LogP contribution in [0.1, 0.15) is 18.4 Å². The molecule has 0 aliphatic carbocycles. The lowest BCUT2D eigenvalue weighted by Gasteiger charge is -2.11. The topological polar surface area (TPSA) is 66.8 Å². The number of carbonyl (C=O) groups is 2. The third-order valence-corrected chi connectivity index (χ3v) is 5.98. The summed E-state index contributed by atoms with van der Waals surface area (Å²) < 4.78 is 7.47. The van der Waals surface area contributed by atoms with Gasteiger partial charge in [-0.15, -0.1) is 0 Å². The number of carbonyl (C=O) groups excluding carboxylic acids is 2. The van der Waals surface area contributed by atoms with Crippen molar-refractivity contribution in [2.24, 2.45) is 0 Å². The molecule has 2 amide bonds. The first-order valence-electron chi connectivity index (χ1n) is 9.69. The first-order valence-corrected chi connectivity index (χ1v) is 10.1. The Bertz CT molecular complexity index is 1010. The molecule has 8 heteroatoms. The van der Waals surface area contributed by atoms with E-state index in [1.54, 1.807) is 19.0 Å². The zero-order valence-electron chi connectivity index (χ0n) is 16.6. The summed E-state index contributed by atoms with van der Waals surface area (Å²) in [6, 6.07) is 7.85. The maximum atomic E-state index is 12.5. The number of hydrogen-bond donors (Lipinski definition) is 1. The fourth-order valence-electron chi connectivity index (χ4n) is 3.80. The van der Waals surface area contributed by atoms with Crippen molar-refractivity contribution in [3.63, 3.8) is 0 Å². The van der Waals surface area contributed by atoms with E-state index in [1.165, 1.54) is 4.90 Å². The fourth-order valence-corrected chi connectivity index (χ4v) is 3.98. The van der Waals surface area contributed by atoms with Gasteiger partial charge in [-0.2, -0.15) is 0 Å². The highest BCUT2D eigenvalue weighted by molar-refractivity contribution is 7.80. The molecule has 1 aromatic heterocycles. The summed E-state index contributed by atoms with van der Waals surface area (Å²) in [6.07, 6.45) is 5.90. The van der Waals surface area contributed by atoms with Gasteiger partial charge in [0.15, 0.2) is 5.11 Å². The molecule has 0 saturated carbocycles. The van der Waals surface area contributed by atoms with E-state index in [2.05, 4.69) is 5.32 Å². The van der Waals surface area contributed by atoms with Gasteiger partial charge in [-0.3, -0.25) is 14.5 Å². The molecule has 29 heavy (non-hydrogen) atoms. The van der Waals surface area contributed by atoms with Crippen molar-refractivity contribution in [1.29, 1.82) is 0 Å². The van der Waals surface area contributed by atoms with Gasteiger partial charge in [-0.05, 0) is 37.2 Å². The van der Waals surface area contributed by atoms with Gasteiger partial charge in [0, 0.05) is 49.9 Å². The fraction of sp³-hybridized carbons (Fsp3) is 0.381. The Hall–Kier alpha value is -2.71. The minimum atomic E-state index is -0.136. The second-order valence-corrected chi connectivity index (χ2v) is 7.77. The minimum Gasteiger partial charge on any atom is -0.376 e. The molecule has 1 atom stereocenters. The van der Waals surface area contributed by atoms with Gasteiger partial charge in [-0.25, -0.2) is 0 Å². The number of nitrogens with zero attached hydrogens (tertiary/aromatic N) is 3. The Balaban J connectivity index is 1.58. The number of amides is 2. The highest BCUT2D eigenvalue weighted by Crippen LogP contribution is 2.27. The van der Waals surface area contributed by atoms with Crippen LogP contribution in [-0.2, 0) is 20.9 Å². The zero-order valence-corrected chi connectivity index (χ0v) is 17.4. The van der Waals surface area contributed by atoms with E-state index in [4.69, 9.17) is 17.0 Å². The normalized spacial score (nSPS) is 21.0. The number of ether oxygens (including phenoxy) is 1. The van der Waals surface area contributed by atoms with Gasteiger partial charge >= 0.3 is 0 Å². The van der Waals surface area contributed by atoms with Crippen LogP contribution in [0.5, 0.6) is 0 Å². The van der Waals surface area contributed by atoms with Crippen molar-refractivity contribution in [2.45, 2.75) is 25.5 Å². The number of fused-ring (bicyclic) bond motifs is 1. The van der Waals surface area contributed by atoms with E-state index in [-0.39, 0.29) is 24.5 Å². The van der Waals surface area contributed by atoms with Gasteiger partial charge in [0.25, 0.3) is 5.91 Å². The molecule has 4 rings (SSSR count). The molecule has 3 heterocycles. The Morgan fingerprint density at radius 2 is 2.10 bits per heavy atom. The lowest BCUT2D eigenvalue weighted by atomic mass is 10.1. The highest BCUT2D eigenvalue weighted by Gasteiger charge is 2.33. The average Bonchev–Trinajstić information content (AvgIpc) is 3.40. The standard InChI is InChI=1S/C21H24N4O3S/c1-23-18(20(27)24(2)21(23)29)10-14-12-25(17-8-4-3-7-16(14)17)13-19(26)22-11-15-6-5-9-28-15/h3-4,7-8,10,12,15H,5-6,9,11,13H2,1-2H3,(H,22,26)/b18-10-/t15-/m1/s1. The van der Waals surface area contributed by atoms with E-state index in [0.29, 0.717) is 17.4 Å². The first-order chi connectivity index (χ1) is 14.0. The van der Waals surface area contributed by atoms with Crippen LogP contribution in [0.15, 0.2) is 36.2 Å². The molecule has 0 unspecified atom stereocenters. The highest BCUT2D eigenvalue weighted by atomic mass is 32.1. The lowest BCUT2D eigenvalue weighted by Crippen LogP contribution is -2.34. The molecule has 2 fully saturated rings. The van der Waals surface area contributed by atoms with Crippen LogP contribution in [-0.4, -0.2) is 64.6 Å². The van der Waals surface area contributed by atoms with Crippen LogP contribution in [0.25, 0.3) is 17.0 Å². The Morgan fingerprint density at radius 3 is 2.79 bits per heavy atom. The monoisotopic (exact) mass is 412 g/mol. The van der Waals surface area contributed by atoms with Gasteiger partial charge in [-0.1, -0.05) is 18.2 Å². The molecule has 0 radical (unpaired) electrons. The molecule has 152 valence electrons. The second-order valence-electron chi connectivity index (χ2n) is 7.40. The summed E-state index contributed by atoms with van der Waals surface area (Å²) >= 11 is 5.29. The minimum absolute atomic E-state index is 0.0598. The van der Waals surface area contributed by atoms with Crippen LogP contribution in [0.2, 0.25) is 0 Å². The van der Waals surface area contributed by atoms with E-state index in [9.17, 15) is 9.59 Å². The largest absolute Gasteiger partial charge is 0.376 e. The second kappa shape index (κ2) is 7.96. The number of para-hydroxylation sites is 1. The Morgan fingerprint density at radius 1 is 1.31 bits per heavy atom. The van der Waals surface area contributed by atoms with Crippen molar-refractivity contribution in [3.8, 4) is 0 Å². The molecule has 2 aliphatic heterocycles. The molecule has 0 bridgehead atoms. The summed E-state index contributed by atoms with van der Waals surface area (Å²) in [5, 5.41) is 4.41. The van der Waals surface area contributed by atoms with Crippen LogP contribution in [0, 0.1) is 0 Å². The number of hydrogen-bond acceptors (Lipinski definition) is 4. The van der Waals surface area contributed by atoms with Crippen molar-refractivity contribution in [2.75, 3.05) is 27.2 Å². The number of benzene rings is 1. The van der Waals surface area contributed by atoms with E-state index >= 15 is 0 Å². The van der Waals surface area contributed by atoms with Crippen molar-refractivity contribution in [3.05, 3.63) is 41.7 Å². The molecule has 2 aromatic rings. The van der Waals surface area contributed by atoms with E-state index in [0.717, 1.165) is 35.9 Å². The average molecular weight is 413 g/mol. The molecule has 2 aliphatic rings. The van der Waals surface area contributed by atoms with E-state index < -0.39 is 0 Å². The van der Waals surface area contributed by atoms with Gasteiger partial charge in [0.05, 0.1) is 6.10 Å². The summed E-state index contributed by atoms with van der Waals surface area (Å²) in [6.45, 7) is 1.52. The summed E-state index contributed by atoms with van der Waals surface area (Å²) in [5.74, 6) is -0.195. The molecular weight excluding hydrogens is 388 g/mol. The first kappa shape index (κ1) is 19.6. The maximum Gasteiger partial charge on any atom is 0.276 e. The number of thiocarbonyl (C=S) groups is 1. The number of aromatic nitrogens is 1. The summed E-state index contributed by atoms with van der Waals surface area (Å²) in [7, 11) is 3.46. The predicted molar refractivity (Wildman–Crippen MR) is 115 cm³/mol. The Kier molecular flexibility index (Phi) is 5.38. The number of rotatable bonds is 5. The molecule has 0 spiro atoms. The van der Waals surface area contributed by atoms with Crippen molar-refractivity contribution >= 4 is 46.1 Å². The number of likely N-dealkylation sites (N-methyl/N-ethyl adjacent to an activating group) is 2. The van der Waals surface area contributed by atoms with Gasteiger partial charge in [0.1, 0.15) is 12.2 Å². The maximum absolute atomic E-state index is 12.5.